The summed E-state index contributed by atoms with van der Waals surface area (Å²) in [5, 5.41) is 2.72. The number of halogens is 1. The van der Waals surface area contributed by atoms with Crippen LogP contribution < -0.4 is 14.8 Å². The fraction of sp³-hybridized carbons (Fsp3) is 0.217. The number of aromatic nitrogens is 1. The Bertz CT molecular complexity index is 1200. The number of hydrogen-bond donors (Lipinski definition) is 2. The van der Waals surface area contributed by atoms with Crippen molar-refractivity contribution in [3.63, 3.8) is 0 Å². The zero-order valence-electron chi connectivity index (χ0n) is 17.8. The molecule has 1 heterocycles. The van der Waals surface area contributed by atoms with Crippen LogP contribution in [0.3, 0.4) is 0 Å². The molecule has 32 heavy (non-hydrogen) atoms. The van der Waals surface area contributed by atoms with Crippen molar-refractivity contribution in [2.45, 2.75) is 31.7 Å². The van der Waals surface area contributed by atoms with Crippen LogP contribution in [-0.4, -0.2) is 25.9 Å². The average Bonchev–Trinajstić information content (AvgIpc) is 2.75. The number of carbonyl (C=O) groups excluding carboxylic acids is 1. The molecule has 3 aromatic rings. The summed E-state index contributed by atoms with van der Waals surface area (Å²) in [6.07, 6.45) is 1.54. The summed E-state index contributed by atoms with van der Waals surface area (Å²) in [5.41, 5.74) is 2.22. The molecule has 9 heteroatoms. The predicted octanol–water partition coefficient (Wildman–Crippen LogP) is 3.61. The molecule has 2 N–H and O–H groups in total. The molecule has 0 bridgehead atoms. The van der Waals surface area contributed by atoms with Gasteiger partial charge >= 0.3 is 0 Å². The van der Waals surface area contributed by atoms with E-state index in [2.05, 4.69) is 15.0 Å². The Morgan fingerprint density at radius 3 is 2.62 bits per heavy atom. The molecular weight excluding hydrogens is 433 g/mol. The minimum absolute atomic E-state index is 0.00170. The lowest BCUT2D eigenvalue weighted by Gasteiger charge is -2.10. The van der Waals surface area contributed by atoms with Gasteiger partial charge in [-0.05, 0) is 48.7 Å². The Labute approximate surface area is 186 Å². The van der Waals surface area contributed by atoms with E-state index in [1.165, 1.54) is 24.4 Å². The number of rotatable bonds is 9. The topological polar surface area (TPSA) is 97.4 Å². The number of carbonyl (C=O) groups is 1. The first-order valence-corrected chi connectivity index (χ1v) is 11.4. The quantitative estimate of drug-likeness (QED) is 0.512. The van der Waals surface area contributed by atoms with Crippen LogP contribution in [0.5, 0.6) is 11.6 Å². The summed E-state index contributed by atoms with van der Waals surface area (Å²) in [4.78, 5) is 16.4. The van der Waals surface area contributed by atoms with Gasteiger partial charge in [-0.25, -0.2) is 22.5 Å². The third-order valence-corrected chi connectivity index (χ3v) is 6.19. The van der Waals surface area contributed by atoms with Crippen LogP contribution in [-0.2, 0) is 21.4 Å². The van der Waals surface area contributed by atoms with Gasteiger partial charge in [-0.1, -0.05) is 24.3 Å². The summed E-state index contributed by atoms with van der Waals surface area (Å²) in [6.45, 7) is 3.76. The number of amides is 1. The summed E-state index contributed by atoms with van der Waals surface area (Å²) in [5.74, 6) is -0.0692. The van der Waals surface area contributed by atoms with Crippen molar-refractivity contribution in [2.75, 3.05) is 6.54 Å². The van der Waals surface area contributed by atoms with Gasteiger partial charge in [-0.3, -0.25) is 4.79 Å². The SMILES string of the molecule is Cc1ccc(C)c(S(=O)(=O)NCCC(=O)NCc2ccc(Oc3cccc(F)c3)nc2)c1. The molecule has 1 amide bonds. The highest BCUT2D eigenvalue weighted by atomic mass is 32.2. The smallest absolute Gasteiger partial charge is 0.240 e. The number of pyridine rings is 1. The van der Waals surface area contributed by atoms with E-state index in [4.69, 9.17) is 4.74 Å². The number of benzene rings is 2. The van der Waals surface area contributed by atoms with Crippen molar-refractivity contribution in [1.82, 2.24) is 15.0 Å². The molecule has 0 aliphatic carbocycles. The summed E-state index contributed by atoms with van der Waals surface area (Å²) in [6, 6.07) is 14.3. The van der Waals surface area contributed by atoms with Gasteiger partial charge in [0, 0.05) is 37.8 Å². The van der Waals surface area contributed by atoms with E-state index in [0.29, 0.717) is 17.2 Å². The monoisotopic (exact) mass is 457 g/mol. The second-order valence-electron chi connectivity index (χ2n) is 7.26. The van der Waals surface area contributed by atoms with E-state index < -0.39 is 15.8 Å². The Balaban J connectivity index is 1.45. The Morgan fingerprint density at radius 1 is 1.09 bits per heavy atom. The standard InChI is InChI=1S/C23H24FN3O4S/c1-16-6-7-17(2)21(12-16)32(29,30)27-11-10-22(28)25-14-18-8-9-23(26-15-18)31-20-5-3-4-19(24)13-20/h3-9,12-13,15,27H,10-11,14H2,1-2H3,(H,25,28). The molecule has 0 aliphatic heterocycles. The number of hydrogen-bond acceptors (Lipinski definition) is 5. The zero-order chi connectivity index (χ0) is 23.1. The number of nitrogens with one attached hydrogen (secondary N) is 2. The summed E-state index contributed by atoms with van der Waals surface area (Å²) < 4.78 is 46.1. The Kier molecular flexibility index (Phi) is 7.55. The fourth-order valence-corrected chi connectivity index (χ4v) is 4.25. The lowest BCUT2D eigenvalue weighted by Crippen LogP contribution is -2.31. The second-order valence-corrected chi connectivity index (χ2v) is 8.99. The van der Waals surface area contributed by atoms with Crippen LogP contribution in [0.25, 0.3) is 0 Å². The molecule has 0 aliphatic rings. The molecule has 7 nitrogen and oxygen atoms in total. The molecule has 0 saturated carbocycles. The first-order chi connectivity index (χ1) is 15.2. The van der Waals surface area contributed by atoms with Gasteiger partial charge in [-0.2, -0.15) is 0 Å². The van der Waals surface area contributed by atoms with Gasteiger partial charge in [0.05, 0.1) is 4.90 Å². The fourth-order valence-electron chi connectivity index (χ4n) is 2.89. The van der Waals surface area contributed by atoms with Crippen molar-refractivity contribution in [2.24, 2.45) is 0 Å². The van der Waals surface area contributed by atoms with Crippen LogP contribution in [0.15, 0.2) is 65.7 Å². The maximum atomic E-state index is 13.2. The van der Waals surface area contributed by atoms with Gasteiger partial charge in [0.2, 0.25) is 21.8 Å². The number of nitrogens with zero attached hydrogens (tertiary/aromatic N) is 1. The van der Waals surface area contributed by atoms with Crippen molar-refractivity contribution in [3.8, 4) is 11.6 Å². The molecule has 0 atom stereocenters. The van der Waals surface area contributed by atoms with Crippen molar-refractivity contribution < 1.29 is 22.3 Å². The highest BCUT2D eigenvalue weighted by Crippen LogP contribution is 2.20. The number of aryl methyl sites for hydroxylation is 2. The van der Waals surface area contributed by atoms with Gasteiger partial charge in [0.25, 0.3) is 0 Å². The van der Waals surface area contributed by atoms with Crippen LogP contribution >= 0.6 is 0 Å². The third-order valence-electron chi connectivity index (χ3n) is 4.58. The number of sulfonamides is 1. The van der Waals surface area contributed by atoms with E-state index in [0.717, 1.165) is 11.1 Å². The predicted molar refractivity (Wildman–Crippen MR) is 118 cm³/mol. The Hall–Kier alpha value is -3.30. The maximum Gasteiger partial charge on any atom is 0.240 e. The third kappa shape index (κ3) is 6.60. The lowest BCUT2D eigenvalue weighted by atomic mass is 10.2. The highest BCUT2D eigenvalue weighted by molar-refractivity contribution is 7.89. The van der Waals surface area contributed by atoms with E-state index in [-0.39, 0.29) is 30.3 Å². The Morgan fingerprint density at radius 2 is 1.91 bits per heavy atom. The van der Waals surface area contributed by atoms with E-state index >= 15 is 0 Å². The largest absolute Gasteiger partial charge is 0.439 e. The normalized spacial score (nSPS) is 11.2. The molecule has 0 unspecified atom stereocenters. The second kappa shape index (κ2) is 10.3. The average molecular weight is 458 g/mol. The molecule has 0 spiro atoms. The van der Waals surface area contributed by atoms with Crippen molar-refractivity contribution in [3.05, 3.63) is 83.3 Å². The zero-order valence-corrected chi connectivity index (χ0v) is 18.6. The van der Waals surface area contributed by atoms with E-state index in [1.54, 1.807) is 37.3 Å². The van der Waals surface area contributed by atoms with Crippen LogP contribution in [0.4, 0.5) is 4.39 Å². The van der Waals surface area contributed by atoms with Gasteiger partial charge in [-0.15, -0.1) is 0 Å². The van der Waals surface area contributed by atoms with Crippen LogP contribution in [0.1, 0.15) is 23.1 Å². The minimum Gasteiger partial charge on any atom is -0.439 e. The molecule has 3 rings (SSSR count). The van der Waals surface area contributed by atoms with E-state index in [9.17, 15) is 17.6 Å². The molecule has 0 saturated heterocycles. The van der Waals surface area contributed by atoms with Crippen LogP contribution in [0, 0.1) is 19.7 Å². The van der Waals surface area contributed by atoms with E-state index in [1.807, 2.05) is 13.0 Å². The summed E-state index contributed by atoms with van der Waals surface area (Å²) in [7, 11) is -3.69. The number of ether oxygens (including phenoxy) is 1. The highest BCUT2D eigenvalue weighted by Gasteiger charge is 2.17. The van der Waals surface area contributed by atoms with Gasteiger partial charge < -0.3 is 10.1 Å². The van der Waals surface area contributed by atoms with Crippen molar-refractivity contribution in [1.29, 1.82) is 0 Å². The molecular formula is C23H24FN3O4S. The van der Waals surface area contributed by atoms with Gasteiger partial charge in [0.1, 0.15) is 11.6 Å². The molecule has 1 aromatic heterocycles. The minimum atomic E-state index is -3.69. The molecule has 2 aromatic carbocycles. The van der Waals surface area contributed by atoms with Crippen molar-refractivity contribution >= 4 is 15.9 Å². The van der Waals surface area contributed by atoms with Gasteiger partial charge in [0.15, 0.2) is 0 Å². The van der Waals surface area contributed by atoms with Crippen LogP contribution in [0.2, 0.25) is 0 Å². The first kappa shape index (κ1) is 23.4. The molecule has 0 fully saturated rings. The molecule has 168 valence electrons. The molecule has 0 radical (unpaired) electrons. The maximum absolute atomic E-state index is 13.2. The summed E-state index contributed by atoms with van der Waals surface area (Å²) >= 11 is 0. The first-order valence-electron chi connectivity index (χ1n) is 9.95. The lowest BCUT2D eigenvalue weighted by molar-refractivity contribution is -0.121.